The van der Waals surface area contributed by atoms with Crippen LogP contribution < -0.4 is 5.32 Å². The molecule has 6 nitrogen and oxygen atoms in total. The Hall–Kier alpha value is -2.41. The highest BCUT2D eigenvalue weighted by Gasteiger charge is 2.35. The van der Waals surface area contributed by atoms with Crippen LogP contribution in [0, 0.1) is 0 Å². The molecule has 7 heteroatoms. The van der Waals surface area contributed by atoms with Gasteiger partial charge in [0.25, 0.3) is 5.91 Å². The fraction of sp³-hybridized carbons (Fsp3) is 0.235. The Bertz CT molecular complexity index is 767. The Morgan fingerprint density at radius 2 is 2.04 bits per heavy atom. The van der Waals surface area contributed by atoms with Gasteiger partial charge in [0.05, 0.1) is 12.3 Å². The first kappa shape index (κ1) is 16.4. The van der Waals surface area contributed by atoms with E-state index in [1.54, 1.807) is 19.1 Å². The summed E-state index contributed by atoms with van der Waals surface area (Å²) in [5.41, 5.74) is 1.79. The van der Waals surface area contributed by atoms with Gasteiger partial charge < -0.3 is 15.0 Å². The summed E-state index contributed by atoms with van der Waals surface area (Å²) in [5.74, 6) is -0.765. The number of nitrogens with zero attached hydrogens (tertiary/aromatic N) is 2. The van der Waals surface area contributed by atoms with E-state index in [9.17, 15) is 9.59 Å². The lowest BCUT2D eigenvalue weighted by molar-refractivity contribution is -0.144. The molecule has 0 aliphatic carbocycles. The number of hydrogen-bond donors (Lipinski definition) is 1. The van der Waals surface area contributed by atoms with Crippen molar-refractivity contribution in [2.45, 2.75) is 13.1 Å². The van der Waals surface area contributed by atoms with Crippen LogP contribution >= 0.6 is 15.9 Å². The SMILES string of the molecule is CCOC(=O)CN1C(=O)c2nc(Br)ccc2NC1c1ccccc1. The summed E-state index contributed by atoms with van der Waals surface area (Å²) in [6.45, 7) is 1.86. The molecular weight excluding hydrogens is 374 g/mol. The normalized spacial score (nSPS) is 16.3. The molecule has 2 heterocycles. The molecular formula is C17H16BrN3O3. The number of anilines is 1. The summed E-state index contributed by atoms with van der Waals surface area (Å²) >= 11 is 3.27. The average Bonchev–Trinajstić information content (AvgIpc) is 2.59. The van der Waals surface area contributed by atoms with Gasteiger partial charge in [0.15, 0.2) is 5.69 Å². The summed E-state index contributed by atoms with van der Waals surface area (Å²) in [4.78, 5) is 30.5. The average molecular weight is 390 g/mol. The first-order valence-electron chi connectivity index (χ1n) is 7.54. The van der Waals surface area contributed by atoms with Gasteiger partial charge in [-0.3, -0.25) is 9.59 Å². The van der Waals surface area contributed by atoms with Crippen LogP contribution in [0.2, 0.25) is 0 Å². The number of pyridine rings is 1. The van der Waals surface area contributed by atoms with Crippen LogP contribution in [0.25, 0.3) is 0 Å². The van der Waals surface area contributed by atoms with Gasteiger partial charge in [-0.05, 0) is 40.5 Å². The van der Waals surface area contributed by atoms with Crippen molar-refractivity contribution in [3.8, 4) is 0 Å². The summed E-state index contributed by atoms with van der Waals surface area (Å²) < 4.78 is 5.56. The number of rotatable bonds is 4. The third-order valence-corrected chi connectivity index (χ3v) is 4.09. The van der Waals surface area contributed by atoms with E-state index in [4.69, 9.17) is 4.74 Å². The number of carbonyl (C=O) groups is 2. The zero-order valence-corrected chi connectivity index (χ0v) is 14.6. The predicted octanol–water partition coefficient (Wildman–Crippen LogP) is 2.97. The number of esters is 1. The van der Waals surface area contributed by atoms with Crippen molar-refractivity contribution in [3.63, 3.8) is 0 Å². The lowest BCUT2D eigenvalue weighted by Crippen LogP contribution is -2.46. The van der Waals surface area contributed by atoms with E-state index in [0.29, 0.717) is 10.3 Å². The predicted molar refractivity (Wildman–Crippen MR) is 92.4 cm³/mol. The van der Waals surface area contributed by atoms with Crippen molar-refractivity contribution < 1.29 is 14.3 Å². The minimum absolute atomic E-state index is 0.146. The van der Waals surface area contributed by atoms with Crippen molar-refractivity contribution in [1.82, 2.24) is 9.88 Å². The minimum Gasteiger partial charge on any atom is -0.465 e. The third-order valence-electron chi connectivity index (χ3n) is 3.65. The number of amides is 1. The molecule has 0 radical (unpaired) electrons. The van der Waals surface area contributed by atoms with Crippen molar-refractivity contribution in [3.05, 3.63) is 58.3 Å². The van der Waals surface area contributed by atoms with E-state index in [1.807, 2.05) is 30.3 Å². The maximum Gasteiger partial charge on any atom is 0.325 e. The van der Waals surface area contributed by atoms with Crippen molar-refractivity contribution in [2.24, 2.45) is 0 Å². The van der Waals surface area contributed by atoms with Gasteiger partial charge in [0.2, 0.25) is 0 Å². The Balaban J connectivity index is 2.00. The number of aromatic nitrogens is 1. The lowest BCUT2D eigenvalue weighted by atomic mass is 10.1. The number of fused-ring (bicyclic) bond motifs is 1. The first-order valence-corrected chi connectivity index (χ1v) is 8.34. The highest BCUT2D eigenvalue weighted by atomic mass is 79.9. The number of carbonyl (C=O) groups excluding carboxylic acids is 2. The summed E-state index contributed by atoms with van der Waals surface area (Å²) in [6.07, 6.45) is -0.460. The zero-order valence-electron chi connectivity index (χ0n) is 13.0. The van der Waals surface area contributed by atoms with Gasteiger partial charge in [0, 0.05) is 0 Å². The number of ether oxygens (including phenoxy) is 1. The molecule has 24 heavy (non-hydrogen) atoms. The molecule has 0 saturated heterocycles. The van der Waals surface area contributed by atoms with Gasteiger partial charge >= 0.3 is 5.97 Å². The van der Waals surface area contributed by atoms with Crippen molar-refractivity contribution >= 4 is 33.5 Å². The smallest absolute Gasteiger partial charge is 0.325 e. The van der Waals surface area contributed by atoms with E-state index >= 15 is 0 Å². The molecule has 1 N–H and O–H groups in total. The summed E-state index contributed by atoms with van der Waals surface area (Å²) in [7, 11) is 0. The Morgan fingerprint density at radius 3 is 2.75 bits per heavy atom. The second kappa shape index (κ2) is 7.00. The number of benzene rings is 1. The van der Waals surface area contributed by atoms with Crippen LogP contribution in [-0.4, -0.2) is 34.9 Å². The molecule has 1 aromatic heterocycles. The van der Waals surface area contributed by atoms with Crippen LogP contribution in [0.3, 0.4) is 0 Å². The van der Waals surface area contributed by atoms with Crippen LogP contribution in [0.5, 0.6) is 0 Å². The molecule has 124 valence electrons. The quantitative estimate of drug-likeness (QED) is 0.642. The van der Waals surface area contributed by atoms with Crippen molar-refractivity contribution in [1.29, 1.82) is 0 Å². The molecule has 1 aromatic carbocycles. The van der Waals surface area contributed by atoms with Crippen LogP contribution in [-0.2, 0) is 9.53 Å². The fourth-order valence-electron chi connectivity index (χ4n) is 2.60. The third kappa shape index (κ3) is 3.26. The van der Waals surface area contributed by atoms with Crippen LogP contribution in [0.1, 0.15) is 29.1 Å². The molecule has 3 rings (SSSR count). The second-order valence-electron chi connectivity index (χ2n) is 5.23. The molecule has 2 aromatic rings. The molecule has 1 aliphatic heterocycles. The standard InChI is InChI=1S/C17H16BrN3O3/c1-2-24-14(22)10-21-16(11-6-4-3-5-7-11)19-12-8-9-13(18)20-15(12)17(21)23/h3-9,16,19H,2,10H2,1H3. The van der Waals surface area contributed by atoms with E-state index < -0.39 is 12.1 Å². The largest absolute Gasteiger partial charge is 0.465 e. The van der Waals surface area contributed by atoms with Crippen LogP contribution in [0.15, 0.2) is 47.1 Å². The molecule has 1 unspecified atom stereocenters. The van der Waals surface area contributed by atoms with Gasteiger partial charge in [-0.2, -0.15) is 0 Å². The van der Waals surface area contributed by atoms with E-state index in [0.717, 1.165) is 5.56 Å². The monoisotopic (exact) mass is 389 g/mol. The van der Waals surface area contributed by atoms with Gasteiger partial charge in [0.1, 0.15) is 17.3 Å². The Morgan fingerprint density at radius 1 is 1.29 bits per heavy atom. The molecule has 1 aliphatic rings. The Kier molecular flexibility index (Phi) is 4.80. The molecule has 0 saturated carbocycles. The zero-order chi connectivity index (χ0) is 17.1. The lowest BCUT2D eigenvalue weighted by Gasteiger charge is -2.36. The molecule has 0 bridgehead atoms. The van der Waals surface area contributed by atoms with Crippen molar-refractivity contribution in [2.75, 3.05) is 18.5 Å². The molecule has 1 amide bonds. The van der Waals surface area contributed by atoms with E-state index in [-0.39, 0.29) is 24.8 Å². The van der Waals surface area contributed by atoms with Gasteiger partial charge in [-0.1, -0.05) is 30.3 Å². The Labute approximate surface area is 148 Å². The summed E-state index contributed by atoms with van der Waals surface area (Å²) in [6, 6.07) is 13.0. The maximum absolute atomic E-state index is 12.9. The fourth-order valence-corrected chi connectivity index (χ4v) is 2.91. The van der Waals surface area contributed by atoms with E-state index in [1.165, 1.54) is 4.90 Å². The number of halogens is 1. The topological polar surface area (TPSA) is 71.5 Å². The van der Waals surface area contributed by atoms with Crippen LogP contribution in [0.4, 0.5) is 5.69 Å². The van der Waals surface area contributed by atoms with Gasteiger partial charge in [-0.15, -0.1) is 0 Å². The first-order chi connectivity index (χ1) is 11.6. The molecule has 0 fully saturated rings. The second-order valence-corrected chi connectivity index (χ2v) is 6.04. The maximum atomic E-state index is 12.9. The summed E-state index contributed by atoms with van der Waals surface area (Å²) in [5, 5.41) is 3.28. The van der Waals surface area contributed by atoms with E-state index in [2.05, 4.69) is 26.2 Å². The number of hydrogen-bond acceptors (Lipinski definition) is 5. The highest BCUT2D eigenvalue weighted by molar-refractivity contribution is 9.10. The molecule has 1 atom stereocenters. The number of nitrogens with one attached hydrogen (secondary N) is 1. The minimum atomic E-state index is -0.460. The molecule has 0 spiro atoms. The van der Waals surface area contributed by atoms with Gasteiger partial charge in [-0.25, -0.2) is 4.98 Å². The highest BCUT2D eigenvalue weighted by Crippen LogP contribution is 2.32.